The molecule has 0 saturated carbocycles. The van der Waals surface area contributed by atoms with E-state index in [1.165, 1.54) is 10.9 Å². The third-order valence-corrected chi connectivity index (χ3v) is 7.36. The number of halogens is 3. The second-order valence-corrected chi connectivity index (χ2v) is 9.29. The molecule has 1 aromatic heterocycles. The Hall–Kier alpha value is -1.67. The molecule has 3 heterocycles. The van der Waals surface area contributed by atoms with Crippen LogP contribution in [0, 0.1) is 5.92 Å². The van der Waals surface area contributed by atoms with E-state index in [4.69, 9.17) is 0 Å². The lowest BCUT2D eigenvalue weighted by Gasteiger charge is -2.45. The van der Waals surface area contributed by atoms with Crippen LogP contribution >= 0.6 is 23.1 Å². The molecule has 2 aliphatic heterocycles. The van der Waals surface area contributed by atoms with Crippen molar-refractivity contribution in [3.8, 4) is 0 Å². The number of hydrogen-bond acceptors (Lipinski definition) is 4. The number of carbonyl (C=O) groups excluding carboxylic acids is 1. The molecule has 2 atom stereocenters. The summed E-state index contributed by atoms with van der Waals surface area (Å²) >= 11 is 3.46. The third-order valence-electron chi connectivity index (χ3n) is 5.37. The van der Waals surface area contributed by atoms with Crippen molar-refractivity contribution >= 4 is 34.7 Å². The second-order valence-electron chi connectivity index (χ2n) is 7.11. The van der Waals surface area contributed by atoms with E-state index in [1.54, 1.807) is 29.2 Å². The van der Waals surface area contributed by atoms with E-state index in [-0.39, 0.29) is 17.9 Å². The summed E-state index contributed by atoms with van der Waals surface area (Å²) in [6.45, 7) is 1.30. The van der Waals surface area contributed by atoms with Crippen molar-refractivity contribution < 1.29 is 18.0 Å². The Bertz CT molecular complexity index is 838. The minimum absolute atomic E-state index is 0.0322. The van der Waals surface area contributed by atoms with Gasteiger partial charge in [0.05, 0.1) is 11.5 Å². The van der Waals surface area contributed by atoms with Gasteiger partial charge in [0.1, 0.15) is 0 Å². The maximum atomic E-state index is 13.2. The van der Waals surface area contributed by atoms with Crippen LogP contribution in [0.1, 0.15) is 16.0 Å². The van der Waals surface area contributed by atoms with Crippen molar-refractivity contribution in [1.29, 1.82) is 0 Å². The van der Waals surface area contributed by atoms with Crippen molar-refractivity contribution in [2.75, 3.05) is 29.5 Å². The molecule has 0 bridgehead atoms. The fourth-order valence-electron chi connectivity index (χ4n) is 4.00. The predicted octanol–water partition coefficient (Wildman–Crippen LogP) is 4.22. The summed E-state index contributed by atoms with van der Waals surface area (Å²) in [6.07, 6.45) is -3.25. The number of thiophene rings is 1. The first-order chi connectivity index (χ1) is 13.4. The fraction of sp³-hybridized carbons (Fsp3) is 0.450. The van der Waals surface area contributed by atoms with Crippen LogP contribution in [0.5, 0.6) is 0 Å². The molecular formula is C20H21F3N2OS2. The maximum absolute atomic E-state index is 13.2. The number of amides is 1. The number of anilines is 1. The van der Waals surface area contributed by atoms with Crippen molar-refractivity contribution in [3.63, 3.8) is 0 Å². The number of thioether (sulfide) groups is 1. The van der Waals surface area contributed by atoms with Gasteiger partial charge in [-0.2, -0.15) is 24.9 Å². The van der Waals surface area contributed by atoms with Gasteiger partial charge in [-0.3, -0.25) is 4.79 Å². The molecule has 28 heavy (non-hydrogen) atoms. The van der Waals surface area contributed by atoms with Crippen LogP contribution in [0.4, 0.5) is 18.9 Å². The van der Waals surface area contributed by atoms with Crippen LogP contribution in [0.15, 0.2) is 35.7 Å². The van der Waals surface area contributed by atoms with Crippen LogP contribution < -0.4 is 10.2 Å². The van der Waals surface area contributed by atoms with E-state index in [9.17, 15) is 18.0 Å². The lowest BCUT2D eigenvalue weighted by atomic mass is 9.84. The van der Waals surface area contributed by atoms with Crippen LogP contribution in [0.25, 0.3) is 0 Å². The van der Waals surface area contributed by atoms with Gasteiger partial charge in [0.15, 0.2) is 0 Å². The first-order valence-corrected chi connectivity index (χ1v) is 11.3. The number of alkyl halides is 3. The van der Waals surface area contributed by atoms with Gasteiger partial charge >= 0.3 is 6.18 Å². The van der Waals surface area contributed by atoms with Gasteiger partial charge < -0.3 is 10.2 Å². The summed E-state index contributed by atoms with van der Waals surface area (Å²) in [6, 6.07) is 8.00. The number of carbonyl (C=O) groups is 1. The highest BCUT2D eigenvalue weighted by Crippen LogP contribution is 2.40. The molecular weight excluding hydrogens is 405 g/mol. The van der Waals surface area contributed by atoms with Gasteiger partial charge in [0, 0.05) is 41.2 Å². The largest absolute Gasteiger partial charge is 0.416 e. The van der Waals surface area contributed by atoms with Crippen molar-refractivity contribution in [2.45, 2.75) is 25.1 Å². The molecule has 2 aliphatic rings. The quantitative estimate of drug-likeness (QED) is 0.795. The van der Waals surface area contributed by atoms with E-state index in [0.717, 1.165) is 36.2 Å². The minimum Gasteiger partial charge on any atom is -0.366 e. The number of nitrogens with one attached hydrogen (secondary N) is 1. The molecule has 0 radical (unpaired) electrons. The normalized spacial score (nSPS) is 21.8. The Labute approximate surface area is 170 Å². The Kier molecular flexibility index (Phi) is 5.60. The molecule has 1 aromatic carbocycles. The predicted molar refractivity (Wildman–Crippen MR) is 108 cm³/mol. The lowest BCUT2D eigenvalue weighted by Crippen LogP contribution is -2.55. The number of hydrogen-bond donors (Lipinski definition) is 1. The second kappa shape index (κ2) is 7.99. The summed E-state index contributed by atoms with van der Waals surface area (Å²) in [7, 11) is 0. The van der Waals surface area contributed by atoms with Crippen LogP contribution in [-0.2, 0) is 23.8 Å². The van der Waals surface area contributed by atoms with Gasteiger partial charge in [-0.25, -0.2) is 0 Å². The zero-order valence-electron chi connectivity index (χ0n) is 15.2. The highest BCUT2D eigenvalue weighted by atomic mass is 32.2. The summed E-state index contributed by atoms with van der Waals surface area (Å²) in [4.78, 5) is 16.3. The molecule has 0 aliphatic carbocycles. The fourth-order valence-corrected chi connectivity index (χ4v) is 5.85. The smallest absolute Gasteiger partial charge is 0.366 e. The highest BCUT2D eigenvalue weighted by Gasteiger charge is 2.41. The molecule has 0 unspecified atom stereocenters. The first-order valence-electron chi connectivity index (χ1n) is 9.28. The molecule has 8 heteroatoms. The molecule has 150 valence electrons. The monoisotopic (exact) mass is 426 g/mol. The van der Waals surface area contributed by atoms with Gasteiger partial charge in [-0.1, -0.05) is 6.07 Å². The van der Waals surface area contributed by atoms with E-state index in [1.807, 2.05) is 17.5 Å². The summed E-state index contributed by atoms with van der Waals surface area (Å²) < 4.78 is 39.5. The van der Waals surface area contributed by atoms with Crippen LogP contribution in [0.3, 0.4) is 0 Å². The first kappa shape index (κ1) is 19.6. The van der Waals surface area contributed by atoms with Gasteiger partial charge in [0.2, 0.25) is 5.91 Å². The molecule has 1 saturated heterocycles. The minimum atomic E-state index is -4.37. The van der Waals surface area contributed by atoms with Crippen molar-refractivity contribution in [2.24, 2.45) is 5.92 Å². The zero-order valence-corrected chi connectivity index (χ0v) is 16.8. The van der Waals surface area contributed by atoms with Crippen molar-refractivity contribution in [1.82, 2.24) is 5.32 Å². The molecule has 1 fully saturated rings. The number of rotatable bonds is 4. The lowest BCUT2D eigenvalue weighted by molar-refractivity contribution is -0.137. The zero-order chi connectivity index (χ0) is 19.7. The SMILES string of the molecule is O=C(NCCc1cccs1)[C@@H]1Cc2cc(C(F)(F)F)ccc2N2CCSC[C@H]12. The number of benzene rings is 1. The Morgan fingerprint density at radius 2 is 2.14 bits per heavy atom. The molecule has 1 N–H and O–H groups in total. The maximum Gasteiger partial charge on any atom is 0.416 e. The van der Waals surface area contributed by atoms with E-state index in [0.29, 0.717) is 18.5 Å². The Morgan fingerprint density at radius 3 is 2.89 bits per heavy atom. The average Bonchev–Trinajstić information content (AvgIpc) is 3.19. The Morgan fingerprint density at radius 1 is 1.29 bits per heavy atom. The highest BCUT2D eigenvalue weighted by molar-refractivity contribution is 7.99. The van der Waals surface area contributed by atoms with E-state index < -0.39 is 11.7 Å². The number of fused-ring (bicyclic) bond motifs is 3. The molecule has 2 aromatic rings. The summed E-state index contributed by atoms with van der Waals surface area (Å²) in [5.74, 6) is 1.36. The topological polar surface area (TPSA) is 32.3 Å². The molecule has 1 amide bonds. The van der Waals surface area contributed by atoms with E-state index in [2.05, 4.69) is 10.2 Å². The molecule has 4 rings (SSSR count). The Balaban J connectivity index is 1.53. The number of nitrogens with zero attached hydrogens (tertiary/aromatic N) is 1. The van der Waals surface area contributed by atoms with Crippen molar-refractivity contribution in [3.05, 3.63) is 51.7 Å². The third kappa shape index (κ3) is 4.03. The van der Waals surface area contributed by atoms with Gasteiger partial charge in [-0.15, -0.1) is 11.3 Å². The van der Waals surface area contributed by atoms with E-state index >= 15 is 0 Å². The summed E-state index contributed by atoms with van der Waals surface area (Å²) in [5.41, 5.74) is 0.824. The van der Waals surface area contributed by atoms with Crippen LogP contribution in [-0.4, -0.2) is 36.5 Å². The standard InChI is InChI=1S/C20H21F3N2OS2/c21-20(22,23)14-3-4-17-13(10-14)11-16(18-12-27-9-7-25(17)18)19(26)24-6-5-15-2-1-8-28-15/h1-4,8,10,16,18H,5-7,9,11-12H2,(H,24,26)/t16-,18-/m1/s1. The van der Waals surface area contributed by atoms with Gasteiger partial charge in [0.25, 0.3) is 0 Å². The van der Waals surface area contributed by atoms with Crippen LogP contribution in [0.2, 0.25) is 0 Å². The average molecular weight is 427 g/mol. The van der Waals surface area contributed by atoms with Gasteiger partial charge in [-0.05, 0) is 48.1 Å². The molecule has 3 nitrogen and oxygen atoms in total. The molecule has 0 spiro atoms. The summed E-state index contributed by atoms with van der Waals surface area (Å²) in [5, 5.41) is 5.01.